The smallest absolute Gasteiger partial charge is 0.223 e. The molecule has 0 radical (unpaired) electrons. The van der Waals surface area contributed by atoms with Gasteiger partial charge < -0.3 is 5.32 Å². The van der Waals surface area contributed by atoms with Gasteiger partial charge >= 0.3 is 0 Å². The van der Waals surface area contributed by atoms with Crippen LogP contribution in [0.4, 0.5) is 0 Å². The highest BCUT2D eigenvalue weighted by Crippen LogP contribution is 2.28. The molecule has 2 aliphatic rings. The van der Waals surface area contributed by atoms with E-state index in [0.717, 1.165) is 19.4 Å². The topological polar surface area (TPSA) is 32.3 Å². The summed E-state index contributed by atoms with van der Waals surface area (Å²) in [6, 6.07) is 8.75. The Morgan fingerprint density at radius 2 is 1.78 bits per heavy atom. The van der Waals surface area contributed by atoms with E-state index in [1.54, 1.807) is 0 Å². The second-order valence-electron chi connectivity index (χ2n) is 7.49. The average Bonchev–Trinajstić information content (AvgIpc) is 3.07. The highest BCUT2D eigenvalue weighted by atomic mass is 16.1. The molecule has 3 heteroatoms. The molecule has 3 nitrogen and oxygen atoms in total. The predicted molar refractivity (Wildman–Crippen MR) is 93.9 cm³/mol. The average molecular weight is 314 g/mol. The fourth-order valence-electron chi connectivity index (χ4n) is 3.97. The quantitative estimate of drug-likeness (QED) is 0.898. The van der Waals surface area contributed by atoms with Crippen LogP contribution in [0.3, 0.4) is 0 Å². The molecule has 1 aromatic carbocycles. The van der Waals surface area contributed by atoms with Gasteiger partial charge in [0.25, 0.3) is 0 Å². The largest absolute Gasteiger partial charge is 0.352 e. The molecular formula is C20H30N2O. The van der Waals surface area contributed by atoms with Crippen LogP contribution in [0.15, 0.2) is 24.3 Å². The Bertz CT molecular complexity index is 505. The van der Waals surface area contributed by atoms with Gasteiger partial charge in [0.05, 0.1) is 0 Å². The van der Waals surface area contributed by atoms with Crippen LogP contribution in [0.25, 0.3) is 0 Å². The van der Waals surface area contributed by atoms with Gasteiger partial charge in [-0.3, -0.25) is 9.69 Å². The van der Waals surface area contributed by atoms with Gasteiger partial charge in [-0.05, 0) is 55.8 Å². The van der Waals surface area contributed by atoms with E-state index in [1.165, 1.54) is 49.9 Å². The molecule has 0 bridgehead atoms. The number of hydrogen-bond acceptors (Lipinski definition) is 2. The normalized spacial score (nSPS) is 25.4. The summed E-state index contributed by atoms with van der Waals surface area (Å²) >= 11 is 0. The second kappa shape index (κ2) is 7.96. The van der Waals surface area contributed by atoms with Crippen molar-refractivity contribution in [2.24, 2.45) is 11.8 Å². The zero-order valence-corrected chi connectivity index (χ0v) is 14.4. The molecule has 23 heavy (non-hydrogen) atoms. The number of hydrogen-bond donors (Lipinski definition) is 1. The summed E-state index contributed by atoms with van der Waals surface area (Å²) in [5, 5.41) is 3.13. The molecule has 1 heterocycles. The predicted octanol–water partition coefficient (Wildman–Crippen LogP) is 3.72. The SMILES string of the molecule is CC1CCCC(C(=O)NCc2ccc(CN3CCCC3)cc2)C1. The number of benzene rings is 1. The summed E-state index contributed by atoms with van der Waals surface area (Å²) in [6.07, 6.45) is 7.27. The number of nitrogens with one attached hydrogen (secondary N) is 1. The van der Waals surface area contributed by atoms with Crippen molar-refractivity contribution in [3.8, 4) is 0 Å². The minimum absolute atomic E-state index is 0.230. The van der Waals surface area contributed by atoms with Gasteiger partial charge in [-0.2, -0.15) is 0 Å². The number of carbonyl (C=O) groups is 1. The molecule has 2 fully saturated rings. The molecule has 1 N–H and O–H groups in total. The number of amides is 1. The van der Waals surface area contributed by atoms with Crippen molar-refractivity contribution in [2.75, 3.05) is 13.1 Å². The number of likely N-dealkylation sites (tertiary alicyclic amines) is 1. The molecule has 2 atom stereocenters. The first-order valence-electron chi connectivity index (χ1n) is 9.28. The molecule has 1 saturated carbocycles. The van der Waals surface area contributed by atoms with Crippen molar-refractivity contribution in [2.45, 2.75) is 58.5 Å². The molecular weight excluding hydrogens is 284 g/mol. The Morgan fingerprint density at radius 3 is 2.48 bits per heavy atom. The molecule has 0 aromatic heterocycles. The van der Waals surface area contributed by atoms with Gasteiger partial charge in [-0.1, -0.05) is 44.0 Å². The maximum atomic E-state index is 12.3. The zero-order chi connectivity index (χ0) is 16.1. The third-order valence-corrected chi connectivity index (χ3v) is 5.40. The Kier molecular flexibility index (Phi) is 5.71. The van der Waals surface area contributed by atoms with Gasteiger partial charge in [0, 0.05) is 19.0 Å². The third-order valence-electron chi connectivity index (χ3n) is 5.40. The van der Waals surface area contributed by atoms with Crippen molar-refractivity contribution >= 4 is 5.91 Å². The molecule has 1 aliphatic heterocycles. The van der Waals surface area contributed by atoms with Crippen LogP contribution >= 0.6 is 0 Å². The fraction of sp³-hybridized carbons (Fsp3) is 0.650. The van der Waals surface area contributed by atoms with E-state index in [0.29, 0.717) is 12.5 Å². The maximum absolute atomic E-state index is 12.3. The first-order valence-corrected chi connectivity index (χ1v) is 9.28. The summed E-state index contributed by atoms with van der Waals surface area (Å²) in [7, 11) is 0. The monoisotopic (exact) mass is 314 g/mol. The van der Waals surface area contributed by atoms with Crippen LogP contribution in [0.1, 0.15) is 56.6 Å². The number of rotatable bonds is 5. The van der Waals surface area contributed by atoms with E-state index in [4.69, 9.17) is 0 Å². The van der Waals surface area contributed by atoms with Crippen LogP contribution < -0.4 is 5.32 Å². The van der Waals surface area contributed by atoms with Gasteiger partial charge in [-0.25, -0.2) is 0 Å². The fourth-order valence-corrected chi connectivity index (χ4v) is 3.97. The molecule has 1 aromatic rings. The van der Waals surface area contributed by atoms with Crippen molar-refractivity contribution in [3.05, 3.63) is 35.4 Å². The van der Waals surface area contributed by atoms with E-state index in [-0.39, 0.29) is 11.8 Å². The first-order chi connectivity index (χ1) is 11.2. The number of carbonyl (C=O) groups excluding carboxylic acids is 1. The van der Waals surface area contributed by atoms with Gasteiger partial charge in [-0.15, -0.1) is 0 Å². The van der Waals surface area contributed by atoms with E-state index in [2.05, 4.69) is 41.4 Å². The van der Waals surface area contributed by atoms with Gasteiger partial charge in [0.1, 0.15) is 0 Å². The lowest BCUT2D eigenvalue weighted by atomic mass is 9.82. The summed E-state index contributed by atoms with van der Waals surface area (Å²) < 4.78 is 0. The lowest BCUT2D eigenvalue weighted by Crippen LogP contribution is -2.33. The van der Waals surface area contributed by atoms with Crippen molar-refractivity contribution in [1.29, 1.82) is 0 Å². The van der Waals surface area contributed by atoms with Crippen LogP contribution in [0.2, 0.25) is 0 Å². The summed E-state index contributed by atoms with van der Waals surface area (Å²) in [4.78, 5) is 14.8. The van der Waals surface area contributed by atoms with E-state index >= 15 is 0 Å². The molecule has 3 rings (SSSR count). The van der Waals surface area contributed by atoms with E-state index in [9.17, 15) is 4.79 Å². The molecule has 2 unspecified atom stereocenters. The number of nitrogens with zero attached hydrogens (tertiary/aromatic N) is 1. The molecule has 1 aliphatic carbocycles. The Hall–Kier alpha value is -1.35. The minimum atomic E-state index is 0.230. The van der Waals surface area contributed by atoms with E-state index < -0.39 is 0 Å². The van der Waals surface area contributed by atoms with Crippen molar-refractivity contribution in [3.63, 3.8) is 0 Å². The Balaban J connectivity index is 1.45. The van der Waals surface area contributed by atoms with Gasteiger partial charge in [0.2, 0.25) is 5.91 Å². The Labute approximate surface area is 140 Å². The summed E-state index contributed by atoms with van der Waals surface area (Å²) in [6.45, 7) is 6.45. The molecule has 1 saturated heterocycles. The summed E-state index contributed by atoms with van der Waals surface area (Å²) in [5.41, 5.74) is 2.58. The lowest BCUT2D eigenvalue weighted by molar-refractivity contribution is -0.126. The zero-order valence-electron chi connectivity index (χ0n) is 14.4. The van der Waals surface area contributed by atoms with Crippen molar-refractivity contribution < 1.29 is 4.79 Å². The minimum Gasteiger partial charge on any atom is -0.352 e. The second-order valence-corrected chi connectivity index (χ2v) is 7.49. The molecule has 126 valence electrons. The maximum Gasteiger partial charge on any atom is 0.223 e. The first kappa shape index (κ1) is 16.5. The lowest BCUT2D eigenvalue weighted by Gasteiger charge is -2.25. The van der Waals surface area contributed by atoms with Crippen LogP contribution in [0.5, 0.6) is 0 Å². The highest BCUT2D eigenvalue weighted by Gasteiger charge is 2.24. The summed E-state index contributed by atoms with van der Waals surface area (Å²) in [5.74, 6) is 1.18. The van der Waals surface area contributed by atoms with Crippen molar-refractivity contribution in [1.82, 2.24) is 10.2 Å². The van der Waals surface area contributed by atoms with Gasteiger partial charge in [0.15, 0.2) is 0 Å². The van der Waals surface area contributed by atoms with E-state index in [1.807, 2.05) is 0 Å². The van der Waals surface area contributed by atoms with Crippen LogP contribution in [-0.2, 0) is 17.9 Å². The standard InChI is InChI=1S/C20H30N2O/c1-16-5-4-6-19(13-16)20(23)21-14-17-7-9-18(10-8-17)15-22-11-2-3-12-22/h7-10,16,19H,2-6,11-15H2,1H3,(H,21,23). The third kappa shape index (κ3) is 4.81. The van der Waals surface area contributed by atoms with Crippen LogP contribution in [0, 0.1) is 11.8 Å². The molecule has 1 amide bonds. The Morgan fingerprint density at radius 1 is 1.09 bits per heavy atom. The molecule has 0 spiro atoms. The highest BCUT2D eigenvalue weighted by molar-refractivity contribution is 5.78. The van der Waals surface area contributed by atoms with Crippen LogP contribution in [-0.4, -0.2) is 23.9 Å².